The van der Waals surface area contributed by atoms with E-state index in [1.54, 1.807) is 11.8 Å². The molecular formula is C15H19NOS. The molecule has 1 atom stereocenters. The van der Waals surface area contributed by atoms with Gasteiger partial charge in [-0.1, -0.05) is 39.0 Å². The highest BCUT2D eigenvalue weighted by Gasteiger charge is 2.13. The van der Waals surface area contributed by atoms with Crippen LogP contribution in [0, 0.1) is 5.92 Å². The van der Waals surface area contributed by atoms with Crippen LogP contribution in [-0.2, 0) is 6.61 Å². The Bertz CT molecular complexity index is 539. The average Bonchev–Trinajstić information content (AvgIpc) is 2.37. The van der Waals surface area contributed by atoms with Crippen LogP contribution in [0.2, 0.25) is 0 Å². The topological polar surface area (TPSA) is 33.1 Å². The van der Waals surface area contributed by atoms with E-state index in [0.717, 1.165) is 21.5 Å². The van der Waals surface area contributed by atoms with Gasteiger partial charge in [-0.2, -0.15) is 0 Å². The van der Waals surface area contributed by atoms with E-state index in [-0.39, 0.29) is 6.61 Å². The third-order valence-corrected chi connectivity index (χ3v) is 4.66. The molecule has 3 heteroatoms. The lowest BCUT2D eigenvalue weighted by Gasteiger charge is -2.16. The molecule has 0 amide bonds. The van der Waals surface area contributed by atoms with Gasteiger partial charge in [-0.3, -0.25) is 0 Å². The molecule has 0 aliphatic rings. The lowest BCUT2D eigenvalue weighted by Crippen LogP contribution is -2.07. The van der Waals surface area contributed by atoms with Gasteiger partial charge in [0.1, 0.15) is 5.03 Å². The quantitative estimate of drug-likeness (QED) is 0.848. The van der Waals surface area contributed by atoms with Gasteiger partial charge >= 0.3 is 0 Å². The Hall–Kier alpha value is -1.06. The van der Waals surface area contributed by atoms with E-state index in [0.29, 0.717) is 11.2 Å². The zero-order chi connectivity index (χ0) is 13.1. The number of hydrogen-bond acceptors (Lipinski definition) is 3. The molecule has 0 saturated carbocycles. The highest BCUT2D eigenvalue weighted by Crippen LogP contribution is 2.31. The molecule has 18 heavy (non-hydrogen) atoms. The Kier molecular flexibility index (Phi) is 4.25. The van der Waals surface area contributed by atoms with Gasteiger partial charge < -0.3 is 5.11 Å². The smallest absolute Gasteiger partial charge is 0.103 e. The second-order valence-corrected chi connectivity index (χ2v) is 6.24. The van der Waals surface area contributed by atoms with Gasteiger partial charge in [0.05, 0.1) is 12.1 Å². The summed E-state index contributed by atoms with van der Waals surface area (Å²) in [5.41, 5.74) is 1.92. The fourth-order valence-corrected chi connectivity index (χ4v) is 2.72. The summed E-state index contributed by atoms with van der Waals surface area (Å²) in [4.78, 5) is 4.67. The Morgan fingerprint density at radius 3 is 2.61 bits per heavy atom. The van der Waals surface area contributed by atoms with Crippen molar-refractivity contribution in [2.75, 3.05) is 0 Å². The van der Waals surface area contributed by atoms with Crippen molar-refractivity contribution in [3.63, 3.8) is 0 Å². The number of aromatic nitrogens is 1. The van der Waals surface area contributed by atoms with Gasteiger partial charge in [-0.25, -0.2) is 4.98 Å². The average molecular weight is 261 g/mol. The Labute approximate surface area is 112 Å². The maximum absolute atomic E-state index is 9.48. The van der Waals surface area contributed by atoms with E-state index in [4.69, 9.17) is 0 Å². The number of aliphatic hydroxyl groups excluding tert-OH is 1. The number of hydrogen-bond donors (Lipinski definition) is 1. The van der Waals surface area contributed by atoms with Crippen molar-refractivity contribution in [3.05, 3.63) is 35.9 Å². The van der Waals surface area contributed by atoms with Crippen LogP contribution in [0.15, 0.2) is 35.4 Å². The van der Waals surface area contributed by atoms with Crippen molar-refractivity contribution in [3.8, 4) is 0 Å². The molecule has 96 valence electrons. The van der Waals surface area contributed by atoms with E-state index in [1.165, 1.54) is 0 Å². The minimum absolute atomic E-state index is 0.0466. The maximum Gasteiger partial charge on any atom is 0.103 e. The molecule has 2 rings (SSSR count). The number of para-hydroxylation sites is 1. The molecule has 0 radical (unpaired) electrons. The van der Waals surface area contributed by atoms with Gasteiger partial charge in [0.2, 0.25) is 0 Å². The van der Waals surface area contributed by atoms with Crippen LogP contribution >= 0.6 is 11.8 Å². The summed E-state index contributed by atoms with van der Waals surface area (Å²) in [5.74, 6) is 0.592. The van der Waals surface area contributed by atoms with Gasteiger partial charge in [-0.05, 0) is 18.1 Å². The van der Waals surface area contributed by atoms with Crippen LogP contribution in [-0.4, -0.2) is 15.3 Å². The molecule has 1 N–H and O–H groups in total. The second-order valence-electron chi connectivity index (χ2n) is 4.87. The first kappa shape index (κ1) is 13.4. The minimum Gasteiger partial charge on any atom is -0.392 e. The van der Waals surface area contributed by atoms with Crippen LogP contribution in [0.4, 0.5) is 0 Å². The molecule has 0 aliphatic carbocycles. The first-order valence-corrected chi connectivity index (χ1v) is 7.16. The zero-order valence-electron chi connectivity index (χ0n) is 11.1. The van der Waals surface area contributed by atoms with Gasteiger partial charge in [0.15, 0.2) is 0 Å². The molecule has 0 spiro atoms. The fourth-order valence-electron chi connectivity index (χ4n) is 1.67. The van der Waals surface area contributed by atoms with Crippen LogP contribution in [0.25, 0.3) is 10.9 Å². The first-order valence-electron chi connectivity index (χ1n) is 6.28. The summed E-state index contributed by atoms with van der Waals surface area (Å²) in [6, 6.07) is 10.1. The summed E-state index contributed by atoms with van der Waals surface area (Å²) in [6.45, 7) is 6.66. The van der Waals surface area contributed by atoms with E-state index in [2.05, 4.69) is 25.8 Å². The zero-order valence-corrected chi connectivity index (χ0v) is 11.9. The SMILES string of the molecule is CC(C)C(C)Sc1nc2ccccc2cc1CO. The van der Waals surface area contributed by atoms with E-state index in [1.807, 2.05) is 30.3 Å². The standard InChI is InChI=1S/C15H19NOS/c1-10(2)11(3)18-15-13(9-17)8-12-6-4-5-7-14(12)16-15/h4-8,10-11,17H,9H2,1-3H3. The monoisotopic (exact) mass is 261 g/mol. The molecular weight excluding hydrogens is 242 g/mol. The van der Waals surface area contributed by atoms with Gasteiger partial charge in [-0.15, -0.1) is 11.8 Å². The number of fused-ring (bicyclic) bond motifs is 1. The van der Waals surface area contributed by atoms with Crippen molar-refractivity contribution in [2.45, 2.75) is 37.7 Å². The molecule has 0 bridgehead atoms. The number of nitrogens with zero attached hydrogens (tertiary/aromatic N) is 1. The Morgan fingerprint density at radius 2 is 1.94 bits per heavy atom. The second kappa shape index (κ2) is 5.72. The van der Waals surface area contributed by atoms with E-state index < -0.39 is 0 Å². The third-order valence-electron chi connectivity index (χ3n) is 3.17. The Balaban J connectivity index is 2.41. The summed E-state index contributed by atoms with van der Waals surface area (Å²) >= 11 is 1.75. The lowest BCUT2D eigenvalue weighted by atomic mass is 10.1. The van der Waals surface area contributed by atoms with Crippen molar-refractivity contribution >= 4 is 22.7 Å². The minimum atomic E-state index is 0.0466. The summed E-state index contributed by atoms with van der Waals surface area (Å²) in [7, 11) is 0. The number of aliphatic hydroxyl groups is 1. The first-order chi connectivity index (χ1) is 8.61. The van der Waals surface area contributed by atoms with E-state index in [9.17, 15) is 5.11 Å². The normalized spacial score (nSPS) is 13.2. The molecule has 2 aromatic rings. The van der Waals surface area contributed by atoms with Gasteiger partial charge in [0, 0.05) is 16.2 Å². The molecule has 1 heterocycles. The van der Waals surface area contributed by atoms with Gasteiger partial charge in [0.25, 0.3) is 0 Å². The van der Waals surface area contributed by atoms with Crippen LogP contribution in [0.5, 0.6) is 0 Å². The van der Waals surface area contributed by atoms with Crippen LogP contribution in [0.3, 0.4) is 0 Å². The highest BCUT2D eigenvalue weighted by molar-refractivity contribution is 7.99. The molecule has 2 nitrogen and oxygen atoms in total. The molecule has 0 saturated heterocycles. The maximum atomic E-state index is 9.48. The molecule has 1 aromatic heterocycles. The number of pyridine rings is 1. The summed E-state index contributed by atoms with van der Waals surface area (Å²) < 4.78 is 0. The molecule has 1 aromatic carbocycles. The summed E-state index contributed by atoms with van der Waals surface area (Å²) in [5, 5.41) is 12.0. The number of benzene rings is 1. The fraction of sp³-hybridized carbons (Fsp3) is 0.400. The van der Waals surface area contributed by atoms with Crippen molar-refractivity contribution in [1.29, 1.82) is 0 Å². The predicted octanol–water partition coefficient (Wildman–Crippen LogP) is 3.86. The largest absolute Gasteiger partial charge is 0.392 e. The van der Waals surface area contributed by atoms with Crippen molar-refractivity contribution < 1.29 is 5.11 Å². The molecule has 0 fully saturated rings. The predicted molar refractivity (Wildman–Crippen MR) is 77.8 cm³/mol. The molecule has 0 aliphatic heterocycles. The lowest BCUT2D eigenvalue weighted by molar-refractivity contribution is 0.278. The third kappa shape index (κ3) is 2.85. The number of thioether (sulfide) groups is 1. The summed E-state index contributed by atoms with van der Waals surface area (Å²) in [6.07, 6.45) is 0. The van der Waals surface area contributed by atoms with E-state index >= 15 is 0 Å². The Morgan fingerprint density at radius 1 is 1.22 bits per heavy atom. The molecule has 1 unspecified atom stereocenters. The van der Waals surface area contributed by atoms with Crippen molar-refractivity contribution in [2.24, 2.45) is 5.92 Å². The van der Waals surface area contributed by atoms with Crippen molar-refractivity contribution in [1.82, 2.24) is 4.98 Å². The number of rotatable bonds is 4. The van der Waals surface area contributed by atoms with Crippen LogP contribution in [0.1, 0.15) is 26.3 Å². The van der Waals surface area contributed by atoms with Crippen LogP contribution < -0.4 is 0 Å². The highest BCUT2D eigenvalue weighted by atomic mass is 32.2.